The van der Waals surface area contributed by atoms with Gasteiger partial charge in [0.05, 0.1) is 14.2 Å². The molecule has 0 N–H and O–H groups in total. The van der Waals surface area contributed by atoms with Crippen LogP contribution in [-0.2, 0) is 6.42 Å². The second-order valence-corrected chi connectivity index (χ2v) is 4.89. The normalized spacial score (nSPS) is 11.3. The van der Waals surface area contributed by atoms with E-state index in [1.807, 2.05) is 12.1 Å². The smallest absolute Gasteiger partial charge is 0.163 e. The summed E-state index contributed by atoms with van der Waals surface area (Å²) in [5.74, 6) is 1.66. The van der Waals surface area contributed by atoms with Crippen molar-refractivity contribution in [1.29, 1.82) is 0 Å². The first-order valence-corrected chi connectivity index (χ1v) is 5.18. The molecule has 0 aromatic heterocycles. The van der Waals surface area contributed by atoms with Gasteiger partial charge in [0.2, 0.25) is 0 Å². The summed E-state index contributed by atoms with van der Waals surface area (Å²) in [5.41, 5.74) is 1.45. The maximum atomic E-state index is 5.39. The third-order valence-corrected chi connectivity index (χ3v) is 2.21. The number of ether oxygens (including phenoxy) is 2. The Morgan fingerprint density at radius 1 is 1.07 bits per heavy atom. The Kier molecular flexibility index (Phi) is 3.61. The molecule has 0 heterocycles. The Morgan fingerprint density at radius 3 is 2.20 bits per heavy atom. The van der Waals surface area contributed by atoms with Crippen LogP contribution in [0.2, 0.25) is 0 Å². The molecule has 0 atom stereocenters. The Labute approximate surface area is 92.2 Å². The second-order valence-electron chi connectivity index (χ2n) is 4.89. The molecule has 1 aromatic rings. The number of rotatable bonds is 3. The number of hydrogen-bond acceptors (Lipinski definition) is 2. The van der Waals surface area contributed by atoms with Gasteiger partial charge < -0.3 is 9.47 Å². The molecule has 0 bridgehead atoms. The summed E-state index contributed by atoms with van der Waals surface area (Å²) >= 11 is 0. The molecule has 0 fully saturated rings. The third-order valence-electron chi connectivity index (χ3n) is 2.21. The minimum absolute atomic E-state index is 0.250. The summed E-state index contributed by atoms with van der Waals surface area (Å²) in [6.07, 6.45) is 0.980. The standard InChI is InChI=1S/C13H20O2/c1-13(2,3)9-10-7-6-8-11(14-4)12(10)15-5/h6-8H,9H2,1-5H3. The summed E-state index contributed by atoms with van der Waals surface area (Å²) in [4.78, 5) is 0. The molecular formula is C13H20O2. The fraction of sp³-hybridized carbons (Fsp3) is 0.538. The van der Waals surface area contributed by atoms with Gasteiger partial charge in [-0.15, -0.1) is 0 Å². The van der Waals surface area contributed by atoms with Crippen LogP contribution in [0, 0.1) is 5.41 Å². The molecule has 2 heteroatoms. The first-order valence-electron chi connectivity index (χ1n) is 5.18. The van der Waals surface area contributed by atoms with Crippen molar-refractivity contribution < 1.29 is 9.47 Å². The van der Waals surface area contributed by atoms with Gasteiger partial charge in [0, 0.05) is 0 Å². The molecule has 0 saturated heterocycles. The topological polar surface area (TPSA) is 18.5 Å². The van der Waals surface area contributed by atoms with E-state index in [1.165, 1.54) is 5.56 Å². The maximum Gasteiger partial charge on any atom is 0.163 e. The van der Waals surface area contributed by atoms with E-state index in [9.17, 15) is 0 Å². The average molecular weight is 208 g/mol. The van der Waals surface area contributed by atoms with Crippen LogP contribution in [0.25, 0.3) is 0 Å². The van der Waals surface area contributed by atoms with Crippen LogP contribution in [0.4, 0.5) is 0 Å². The highest BCUT2D eigenvalue weighted by molar-refractivity contribution is 5.46. The van der Waals surface area contributed by atoms with Gasteiger partial charge in [-0.05, 0) is 23.5 Å². The minimum atomic E-state index is 0.250. The van der Waals surface area contributed by atoms with E-state index < -0.39 is 0 Å². The molecule has 0 aliphatic heterocycles. The molecule has 0 aliphatic carbocycles. The van der Waals surface area contributed by atoms with Crippen molar-refractivity contribution in [2.75, 3.05) is 14.2 Å². The number of hydrogen-bond donors (Lipinski definition) is 0. The first-order chi connectivity index (χ1) is 6.98. The predicted octanol–water partition coefficient (Wildman–Crippen LogP) is 3.29. The van der Waals surface area contributed by atoms with Crippen LogP contribution < -0.4 is 9.47 Å². The van der Waals surface area contributed by atoms with Crippen molar-refractivity contribution in [3.8, 4) is 11.5 Å². The zero-order valence-corrected chi connectivity index (χ0v) is 10.3. The van der Waals surface area contributed by atoms with Crippen LogP contribution in [0.3, 0.4) is 0 Å². The number of para-hydroxylation sites is 1. The molecule has 2 nitrogen and oxygen atoms in total. The highest BCUT2D eigenvalue weighted by Gasteiger charge is 2.16. The van der Waals surface area contributed by atoms with Gasteiger partial charge in [0.25, 0.3) is 0 Å². The van der Waals surface area contributed by atoms with Crippen molar-refractivity contribution in [3.63, 3.8) is 0 Å². The second kappa shape index (κ2) is 4.56. The van der Waals surface area contributed by atoms with Gasteiger partial charge in [0.1, 0.15) is 0 Å². The quantitative estimate of drug-likeness (QED) is 0.758. The van der Waals surface area contributed by atoms with Crippen LogP contribution in [0.5, 0.6) is 11.5 Å². The highest BCUT2D eigenvalue weighted by Crippen LogP contribution is 2.34. The SMILES string of the molecule is COc1cccc(CC(C)(C)C)c1OC. The van der Waals surface area contributed by atoms with Crippen molar-refractivity contribution in [3.05, 3.63) is 23.8 Å². The summed E-state index contributed by atoms with van der Waals surface area (Å²) in [6.45, 7) is 6.64. The molecule has 0 unspecified atom stereocenters. The summed E-state index contributed by atoms with van der Waals surface area (Å²) in [6, 6.07) is 6.01. The molecule has 0 saturated carbocycles. The molecule has 0 amide bonds. The highest BCUT2D eigenvalue weighted by atomic mass is 16.5. The largest absolute Gasteiger partial charge is 0.493 e. The lowest BCUT2D eigenvalue weighted by Gasteiger charge is -2.20. The predicted molar refractivity (Wildman–Crippen MR) is 62.7 cm³/mol. The zero-order valence-electron chi connectivity index (χ0n) is 10.3. The van der Waals surface area contributed by atoms with Gasteiger partial charge in [-0.25, -0.2) is 0 Å². The Morgan fingerprint density at radius 2 is 1.73 bits per heavy atom. The van der Waals surface area contributed by atoms with Gasteiger partial charge in [-0.1, -0.05) is 32.9 Å². The van der Waals surface area contributed by atoms with Crippen molar-refractivity contribution >= 4 is 0 Å². The van der Waals surface area contributed by atoms with E-state index in [0.717, 1.165) is 17.9 Å². The Hall–Kier alpha value is -1.18. The van der Waals surface area contributed by atoms with Crippen molar-refractivity contribution in [2.24, 2.45) is 5.41 Å². The lowest BCUT2D eigenvalue weighted by atomic mass is 9.88. The zero-order chi connectivity index (χ0) is 11.5. The van der Waals surface area contributed by atoms with Gasteiger partial charge in [-0.3, -0.25) is 0 Å². The van der Waals surface area contributed by atoms with Crippen molar-refractivity contribution in [2.45, 2.75) is 27.2 Å². The number of benzene rings is 1. The van der Waals surface area contributed by atoms with Gasteiger partial charge >= 0.3 is 0 Å². The first kappa shape index (κ1) is 11.9. The van der Waals surface area contributed by atoms with Crippen LogP contribution >= 0.6 is 0 Å². The fourth-order valence-corrected chi connectivity index (χ4v) is 1.66. The molecular weight excluding hydrogens is 188 g/mol. The van der Waals surface area contributed by atoms with E-state index >= 15 is 0 Å². The van der Waals surface area contributed by atoms with E-state index in [1.54, 1.807) is 14.2 Å². The van der Waals surface area contributed by atoms with E-state index in [4.69, 9.17) is 9.47 Å². The lowest BCUT2D eigenvalue weighted by Crippen LogP contribution is -2.10. The minimum Gasteiger partial charge on any atom is -0.493 e. The van der Waals surface area contributed by atoms with E-state index in [2.05, 4.69) is 26.8 Å². The molecule has 0 aliphatic rings. The molecule has 0 spiro atoms. The molecule has 1 aromatic carbocycles. The van der Waals surface area contributed by atoms with E-state index in [-0.39, 0.29) is 5.41 Å². The van der Waals surface area contributed by atoms with Crippen molar-refractivity contribution in [1.82, 2.24) is 0 Å². The average Bonchev–Trinajstić information content (AvgIpc) is 2.15. The Balaban J connectivity index is 3.06. The summed E-state index contributed by atoms with van der Waals surface area (Å²) in [7, 11) is 3.35. The van der Waals surface area contributed by atoms with Gasteiger partial charge in [-0.2, -0.15) is 0 Å². The van der Waals surface area contributed by atoms with Gasteiger partial charge in [0.15, 0.2) is 11.5 Å². The maximum absolute atomic E-state index is 5.39. The van der Waals surface area contributed by atoms with Crippen LogP contribution in [-0.4, -0.2) is 14.2 Å². The lowest BCUT2D eigenvalue weighted by molar-refractivity contribution is 0.342. The van der Waals surface area contributed by atoms with E-state index in [0.29, 0.717) is 0 Å². The van der Waals surface area contributed by atoms with Crippen LogP contribution in [0.15, 0.2) is 18.2 Å². The molecule has 84 valence electrons. The summed E-state index contributed by atoms with van der Waals surface area (Å²) in [5, 5.41) is 0. The Bertz CT molecular complexity index is 324. The fourth-order valence-electron chi connectivity index (χ4n) is 1.66. The number of methoxy groups -OCH3 is 2. The molecule has 0 radical (unpaired) electrons. The monoisotopic (exact) mass is 208 g/mol. The molecule has 1 rings (SSSR count). The summed E-state index contributed by atoms with van der Waals surface area (Å²) < 4.78 is 10.7. The third kappa shape index (κ3) is 3.15. The molecule has 15 heavy (non-hydrogen) atoms. The van der Waals surface area contributed by atoms with Crippen LogP contribution in [0.1, 0.15) is 26.3 Å².